The van der Waals surface area contributed by atoms with Crippen molar-refractivity contribution in [1.29, 1.82) is 0 Å². The van der Waals surface area contributed by atoms with Crippen molar-refractivity contribution in [2.75, 3.05) is 33.4 Å². The number of carbonyl (C=O) groups is 1. The van der Waals surface area contributed by atoms with Crippen LogP contribution in [0.1, 0.15) is 19.8 Å². The van der Waals surface area contributed by atoms with Gasteiger partial charge in [-0.1, -0.05) is 0 Å². The van der Waals surface area contributed by atoms with Crippen LogP contribution in [0.25, 0.3) is 0 Å². The van der Waals surface area contributed by atoms with Crippen LogP contribution >= 0.6 is 0 Å². The highest BCUT2D eigenvalue weighted by Crippen LogP contribution is 2.21. The molecule has 0 bridgehead atoms. The van der Waals surface area contributed by atoms with Crippen molar-refractivity contribution in [3.8, 4) is 0 Å². The molecule has 3 N–H and O–H groups in total. The Morgan fingerprint density at radius 1 is 1.47 bits per heavy atom. The zero-order chi connectivity index (χ0) is 13.1. The van der Waals surface area contributed by atoms with Gasteiger partial charge in [-0.05, 0) is 14.0 Å². The van der Waals surface area contributed by atoms with E-state index < -0.39 is 17.2 Å². The van der Waals surface area contributed by atoms with Crippen LogP contribution < -0.4 is 0 Å². The molecule has 0 aromatic carbocycles. The minimum Gasteiger partial charge on any atom is -0.479 e. The van der Waals surface area contributed by atoms with Gasteiger partial charge in [0.25, 0.3) is 0 Å². The molecule has 1 aliphatic heterocycles. The standard InChI is InChI=1S/C11H21NO5/c1-10(15,9(13)14)7-12(2)8-11(16)3-5-17-6-4-11/h15-16H,3-8H2,1-2H3,(H,13,14). The summed E-state index contributed by atoms with van der Waals surface area (Å²) in [5.74, 6) is -1.26. The maximum absolute atomic E-state index is 10.8. The van der Waals surface area contributed by atoms with Crippen LogP contribution in [0.2, 0.25) is 0 Å². The number of likely N-dealkylation sites (N-methyl/N-ethyl adjacent to an activating group) is 1. The topological polar surface area (TPSA) is 90.2 Å². The Morgan fingerprint density at radius 2 is 2.00 bits per heavy atom. The van der Waals surface area contributed by atoms with Gasteiger partial charge in [0.2, 0.25) is 0 Å². The van der Waals surface area contributed by atoms with Crippen LogP contribution in [0.3, 0.4) is 0 Å². The summed E-state index contributed by atoms with van der Waals surface area (Å²) in [5, 5.41) is 28.7. The summed E-state index contributed by atoms with van der Waals surface area (Å²) in [5.41, 5.74) is -2.64. The number of carboxylic acid groups (broad SMARTS) is 1. The van der Waals surface area contributed by atoms with Crippen LogP contribution in [-0.2, 0) is 9.53 Å². The van der Waals surface area contributed by atoms with E-state index in [4.69, 9.17) is 9.84 Å². The summed E-state index contributed by atoms with van der Waals surface area (Å²) in [6, 6.07) is 0. The molecule has 6 heteroatoms. The maximum atomic E-state index is 10.8. The molecule has 0 amide bonds. The summed E-state index contributed by atoms with van der Waals surface area (Å²) in [6.45, 7) is 2.59. The molecule has 17 heavy (non-hydrogen) atoms. The third kappa shape index (κ3) is 4.23. The van der Waals surface area contributed by atoms with E-state index in [0.29, 0.717) is 32.6 Å². The molecule has 0 spiro atoms. The molecule has 0 aliphatic carbocycles. The van der Waals surface area contributed by atoms with Gasteiger partial charge in [0.15, 0.2) is 5.60 Å². The Labute approximate surface area is 101 Å². The molecular formula is C11H21NO5. The second-order valence-corrected chi connectivity index (χ2v) is 5.09. The van der Waals surface area contributed by atoms with E-state index in [1.165, 1.54) is 6.92 Å². The first-order valence-corrected chi connectivity index (χ1v) is 5.70. The van der Waals surface area contributed by atoms with Crippen molar-refractivity contribution < 1.29 is 24.9 Å². The molecule has 6 nitrogen and oxygen atoms in total. The van der Waals surface area contributed by atoms with Gasteiger partial charge in [0.05, 0.1) is 5.60 Å². The lowest BCUT2D eigenvalue weighted by Crippen LogP contribution is -2.51. The smallest absolute Gasteiger partial charge is 0.336 e. The highest BCUT2D eigenvalue weighted by atomic mass is 16.5. The first-order valence-electron chi connectivity index (χ1n) is 5.70. The average molecular weight is 247 g/mol. The molecule has 100 valence electrons. The van der Waals surface area contributed by atoms with E-state index in [9.17, 15) is 15.0 Å². The monoisotopic (exact) mass is 247 g/mol. The van der Waals surface area contributed by atoms with Crippen molar-refractivity contribution >= 4 is 5.97 Å². The van der Waals surface area contributed by atoms with Gasteiger partial charge in [-0.15, -0.1) is 0 Å². The van der Waals surface area contributed by atoms with Gasteiger partial charge >= 0.3 is 5.97 Å². The quantitative estimate of drug-likeness (QED) is 0.595. The van der Waals surface area contributed by atoms with E-state index in [1.807, 2.05) is 0 Å². The molecule has 0 aromatic rings. The van der Waals surface area contributed by atoms with Crippen molar-refractivity contribution in [2.45, 2.75) is 31.0 Å². The minimum absolute atomic E-state index is 0.0223. The second-order valence-electron chi connectivity index (χ2n) is 5.09. The van der Waals surface area contributed by atoms with Gasteiger partial charge in [-0.25, -0.2) is 4.79 Å². The van der Waals surface area contributed by atoms with Gasteiger partial charge in [-0.3, -0.25) is 0 Å². The molecule has 1 saturated heterocycles. The zero-order valence-corrected chi connectivity index (χ0v) is 10.3. The first kappa shape index (κ1) is 14.4. The van der Waals surface area contributed by atoms with Crippen LogP contribution in [0.4, 0.5) is 0 Å². The summed E-state index contributed by atoms with van der Waals surface area (Å²) in [6.07, 6.45) is 1.07. The lowest BCUT2D eigenvalue weighted by atomic mass is 9.93. The lowest BCUT2D eigenvalue weighted by molar-refractivity contribution is -0.159. The Morgan fingerprint density at radius 3 is 2.47 bits per heavy atom. The molecule has 1 rings (SSSR count). The normalized spacial score (nSPS) is 23.4. The predicted molar refractivity (Wildman–Crippen MR) is 60.8 cm³/mol. The maximum Gasteiger partial charge on any atom is 0.336 e. The van der Waals surface area contributed by atoms with Crippen LogP contribution in [0.5, 0.6) is 0 Å². The SMILES string of the molecule is CN(CC1(O)CCOCC1)CC(C)(O)C(=O)O. The Bertz CT molecular complexity index is 273. The molecule has 1 aliphatic rings. The van der Waals surface area contributed by atoms with Crippen LogP contribution in [0, 0.1) is 0 Å². The highest BCUT2D eigenvalue weighted by molar-refractivity contribution is 5.76. The lowest BCUT2D eigenvalue weighted by Gasteiger charge is -2.36. The fourth-order valence-corrected chi connectivity index (χ4v) is 2.06. The molecule has 1 heterocycles. The highest BCUT2D eigenvalue weighted by Gasteiger charge is 2.35. The third-order valence-corrected chi connectivity index (χ3v) is 3.03. The number of aliphatic hydroxyl groups is 2. The predicted octanol–water partition coefficient (Wildman–Crippen LogP) is -0.705. The summed E-state index contributed by atoms with van der Waals surface area (Å²) >= 11 is 0. The molecule has 1 fully saturated rings. The fourth-order valence-electron chi connectivity index (χ4n) is 2.06. The summed E-state index contributed by atoms with van der Waals surface area (Å²) in [4.78, 5) is 12.4. The number of hydrogen-bond donors (Lipinski definition) is 3. The minimum atomic E-state index is -1.80. The molecule has 0 aromatic heterocycles. The molecular weight excluding hydrogens is 226 g/mol. The fraction of sp³-hybridized carbons (Fsp3) is 0.909. The number of hydrogen-bond acceptors (Lipinski definition) is 5. The van der Waals surface area contributed by atoms with E-state index >= 15 is 0 Å². The third-order valence-electron chi connectivity index (χ3n) is 3.03. The Hall–Kier alpha value is -0.690. The number of carboxylic acids is 1. The van der Waals surface area contributed by atoms with Gasteiger partial charge < -0.3 is 25.0 Å². The first-order chi connectivity index (χ1) is 7.75. The van der Waals surface area contributed by atoms with E-state index in [-0.39, 0.29) is 6.54 Å². The van der Waals surface area contributed by atoms with Crippen LogP contribution in [0.15, 0.2) is 0 Å². The van der Waals surface area contributed by atoms with Gasteiger partial charge in [-0.2, -0.15) is 0 Å². The van der Waals surface area contributed by atoms with Crippen LogP contribution in [-0.4, -0.2) is 70.7 Å². The number of aliphatic carboxylic acids is 1. The van der Waals surface area contributed by atoms with Crippen molar-refractivity contribution in [2.24, 2.45) is 0 Å². The number of ether oxygens (including phenoxy) is 1. The average Bonchev–Trinajstić information content (AvgIpc) is 2.16. The van der Waals surface area contributed by atoms with Gasteiger partial charge in [0.1, 0.15) is 0 Å². The van der Waals surface area contributed by atoms with E-state index in [0.717, 1.165) is 0 Å². The van der Waals surface area contributed by atoms with Crippen molar-refractivity contribution in [1.82, 2.24) is 4.90 Å². The molecule has 0 saturated carbocycles. The summed E-state index contributed by atoms with van der Waals surface area (Å²) < 4.78 is 5.16. The van der Waals surface area contributed by atoms with Crippen molar-refractivity contribution in [3.63, 3.8) is 0 Å². The Kier molecular flexibility index (Phi) is 4.48. The summed E-state index contributed by atoms with van der Waals surface area (Å²) in [7, 11) is 1.69. The second kappa shape index (κ2) is 5.30. The Balaban J connectivity index is 2.48. The molecule has 1 unspecified atom stereocenters. The molecule has 1 atom stereocenters. The molecule has 0 radical (unpaired) electrons. The van der Waals surface area contributed by atoms with E-state index in [2.05, 4.69) is 0 Å². The van der Waals surface area contributed by atoms with Crippen molar-refractivity contribution in [3.05, 3.63) is 0 Å². The zero-order valence-electron chi connectivity index (χ0n) is 10.3. The van der Waals surface area contributed by atoms with Gasteiger partial charge in [0, 0.05) is 39.1 Å². The number of nitrogens with zero attached hydrogens (tertiary/aromatic N) is 1. The van der Waals surface area contributed by atoms with E-state index in [1.54, 1.807) is 11.9 Å². The number of rotatable bonds is 5. The largest absolute Gasteiger partial charge is 0.479 e.